The van der Waals surface area contributed by atoms with Crippen molar-refractivity contribution in [3.63, 3.8) is 0 Å². The Balaban J connectivity index is 1.62. The van der Waals surface area contributed by atoms with Crippen molar-refractivity contribution in [1.82, 2.24) is 4.90 Å². The number of nitrogens with zero attached hydrogens (tertiary/aromatic N) is 1. The summed E-state index contributed by atoms with van der Waals surface area (Å²) in [6.45, 7) is 4.05. The third-order valence-corrected chi connectivity index (χ3v) is 4.48. The molecule has 2 aliphatic rings. The molecule has 1 aromatic rings. The Morgan fingerprint density at radius 1 is 1.37 bits per heavy atom. The highest BCUT2D eigenvalue weighted by molar-refractivity contribution is 5.81. The van der Waals surface area contributed by atoms with Gasteiger partial charge in [0.1, 0.15) is 11.5 Å². The molecule has 0 amide bonds. The van der Waals surface area contributed by atoms with Crippen LogP contribution in [0, 0.1) is 11.8 Å². The fraction of sp³-hybridized carbons (Fsp3) is 0.688. The number of carbonyl (C=O) groups is 1. The Morgan fingerprint density at radius 3 is 2.89 bits per heavy atom. The largest absolute Gasteiger partial charge is 0.468 e. The summed E-state index contributed by atoms with van der Waals surface area (Å²) in [6, 6.07) is 4.64. The first-order chi connectivity index (χ1) is 9.22. The minimum atomic E-state index is 0.249. The summed E-state index contributed by atoms with van der Waals surface area (Å²) in [6.07, 6.45) is 7.21. The molecule has 0 spiro atoms. The van der Waals surface area contributed by atoms with Crippen molar-refractivity contribution < 1.29 is 9.21 Å². The molecular formula is C16H23NO2. The van der Waals surface area contributed by atoms with E-state index >= 15 is 0 Å². The lowest BCUT2D eigenvalue weighted by atomic mass is 9.81. The molecule has 2 fully saturated rings. The SMILES string of the molecule is CC1CCC(=O)C(CN(Cc2ccco2)C2CC2)C1. The van der Waals surface area contributed by atoms with Crippen molar-refractivity contribution >= 4 is 5.78 Å². The predicted octanol–water partition coefficient (Wildman–Crippen LogP) is 3.25. The van der Waals surface area contributed by atoms with Crippen LogP contribution < -0.4 is 0 Å². The van der Waals surface area contributed by atoms with Crippen LogP contribution in [0.5, 0.6) is 0 Å². The van der Waals surface area contributed by atoms with Gasteiger partial charge >= 0.3 is 0 Å². The van der Waals surface area contributed by atoms with E-state index in [1.165, 1.54) is 12.8 Å². The van der Waals surface area contributed by atoms with Crippen LogP contribution in [-0.2, 0) is 11.3 Å². The van der Waals surface area contributed by atoms with Crippen LogP contribution in [0.15, 0.2) is 22.8 Å². The maximum atomic E-state index is 12.1. The van der Waals surface area contributed by atoms with Crippen LogP contribution in [-0.4, -0.2) is 23.3 Å². The van der Waals surface area contributed by atoms with Crippen LogP contribution in [0.3, 0.4) is 0 Å². The molecule has 3 heteroatoms. The van der Waals surface area contributed by atoms with Gasteiger partial charge in [-0.15, -0.1) is 0 Å². The van der Waals surface area contributed by atoms with E-state index < -0.39 is 0 Å². The van der Waals surface area contributed by atoms with E-state index in [-0.39, 0.29) is 5.92 Å². The molecule has 3 rings (SSSR count). The van der Waals surface area contributed by atoms with Crippen molar-refractivity contribution in [2.75, 3.05) is 6.54 Å². The molecule has 0 N–H and O–H groups in total. The Bertz CT molecular complexity index is 422. The lowest BCUT2D eigenvalue weighted by Crippen LogP contribution is -2.37. The summed E-state index contributed by atoms with van der Waals surface area (Å²) < 4.78 is 5.45. The zero-order valence-electron chi connectivity index (χ0n) is 11.7. The molecule has 2 atom stereocenters. The number of rotatable bonds is 5. The maximum Gasteiger partial charge on any atom is 0.137 e. The first kappa shape index (κ1) is 12.9. The van der Waals surface area contributed by atoms with Gasteiger partial charge in [-0.1, -0.05) is 6.92 Å². The molecule has 0 saturated heterocycles. The Kier molecular flexibility index (Phi) is 3.74. The van der Waals surface area contributed by atoms with Crippen molar-refractivity contribution in [3.8, 4) is 0 Å². The monoisotopic (exact) mass is 261 g/mol. The highest BCUT2D eigenvalue weighted by atomic mass is 16.3. The van der Waals surface area contributed by atoms with Crippen molar-refractivity contribution in [2.24, 2.45) is 11.8 Å². The molecule has 1 aromatic heterocycles. The Morgan fingerprint density at radius 2 is 2.21 bits per heavy atom. The van der Waals surface area contributed by atoms with Gasteiger partial charge in [-0.25, -0.2) is 0 Å². The average Bonchev–Trinajstić information content (AvgIpc) is 3.12. The smallest absolute Gasteiger partial charge is 0.137 e. The van der Waals surface area contributed by atoms with Gasteiger partial charge in [-0.05, 0) is 43.7 Å². The second-order valence-corrected chi connectivity index (χ2v) is 6.28. The van der Waals surface area contributed by atoms with Gasteiger partial charge in [0.25, 0.3) is 0 Å². The minimum Gasteiger partial charge on any atom is -0.468 e. The second kappa shape index (κ2) is 5.49. The number of Topliss-reactive ketones (excluding diaryl/α,β-unsaturated/α-hetero) is 1. The minimum absolute atomic E-state index is 0.249. The van der Waals surface area contributed by atoms with E-state index in [1.807, 2.05) is 12.1 Å². The number of hydrogen-bond acceptors (Lipinski definition) is 3. The number of ketones is 1. The highest BCUT2D eigenvalue weighted by Gasteiger charge is 2.34. The van der Waals surface area contributed by atoms with Crippen molar-refractivity contribution in [2.45, 2.75) is 51.6 Å². The summed E-state index contributed by atoms with van der Waals surface area (Å²) >= 11 is 0. The van der Waals surface area contributed by atoms with E-state index in [0.29, 0.717) is 17.7 Å². The van der Waals surface area contributed by atoms with Crippen molar-refractivity contribution in [1.29, 1.82) is 0 Å². The second-order valence-electron chi connectivity index (χ2n) is 6.28. The van der Waals surface area contributed by atoms with Gasteiger partial charge < -0.3 is 4.42 Å². The lowest BCUT2D eigenvalue weighted by Gasteiger charge is -2.30. The molecule has 1 heterocycles. The fourth-order valence-corrected chi connectivity index (χ4v) is 3.17. The van der Waals surface area contributed by atoms with Gasteiger partial charge in [0.15, 0.2) is 0 Å². The molecule has 2 unspecified atom stereocenters. The first-order valence-electron chi connectivity index (χ1n) is 7.51. The molecule has 0 bridgehead atoms. The highest BCUT2D eigenvalue weighted by Crippen LogP contribution is 2.32. The zero-order chi connectivity index (χ0) is 13.2. The third-order valence-electron chi connectivity index (χ3n) is 4.48. The molecule has 0 aromatic carbocycles. The molecule has 0 aliphatic heterocycles. The number of hydrogen-bond donors (Lipinski definition) is 0. The van der Waals surface area contributed by atoms with Crippen LogP contribution in [0.25, 0.3) is 0 Å². The molecule has 19 heavy (non-hydrogen) atoms. The normalized spacial score (nSPS) is 28.0. The van der Waals surface area contributed by atoms with E-state index in [1.54, 1.807) is 6.26 Å². The summed E-state index contributed by atoms with van der Waals surface area (Å²) in [4.78, 5) is 14.5. The molecule has 2 aliphatic carbocycles. The van der Waals surface area contributed by atoms with Gasteiger partial charge in [-0.2, -0.15) is 0 Å². The van der Waals surface area contributed by atoms with Gasteiger partial charge in [-0.3, -0.25) is 9.69 Å². The number of furan rings is 1. The maximum absolute atomic E-state index is 12.1. The van der Waals surface area contributed by atoms with Gasteiger partial charge in [0.05, 0.1) is 12.8 Å². The van der Waals surface area contributed by atoms with Crippen LogP contribution in [0.4, 0.5) is 0 Å². The third kappa shape index (κ3) is 3.27. The van der Waals surface area contributed by atoms with E-state index in [4.69, 9.17) is 4.42 Å². The molecular weight excluding hydrogens is 238 g/mol. The summed E-state index contributed by atoms with van der Waals surface area (Å²) in [5.41, 5.74) is 0. The standard InChI is InChI=1S/C16H23NO2/c1-12-4-7-16(18)13(9-12)10-17(14-5-6-14)11-15-3-2-8-19-15/h2-3,8,12-14H,4-7,9-11H2,1H3. The van der Waals surface area contributed by atoms with Gasteiger partial charge in [0, 0.05) is 24.9 Å². The first-order valence-corrected chi connectivity index (χ1v) is 7.51. The summed E-state index contributed by atoms with van der Waals surface area (Å²) in [5, 5.41) is 0. The molecule has 2 saturated carbocycles. The quantitative estimate of drug-likeness (QED) is 0.815. The fourth-order valence-electron chi connectivity index (χ4n) is 3.17. The topological polar surface area (TPSA) is 33.5 Å². The van der Waals surface area contributed by atoms with Gasteiger partial charge in [0.2, 0.25) is 0 Å². The lowest BCUT2D eigenvalue weighted by molar-refractivity contribution is -0.126. The predicted molar refractivity (Wildman–Crippen MR) is 73.7 cm³/mol. The van der Waals surface area contributed by atoms with E-state index in [2.05, 4.69) is 11.8 Å². The summed E-state index contributed by atoms with van der Waals surface area (Å²) in [7, 11) is 0. The number of carbonyl (C=O) groups excluding carboxylic acids is 1. The Hall–Kier alpha value is -1.09. The van der Waals surface area contributed by atoms with Crippen LogP contribution >= 0.6 is 0 Å². The van der Waals surface area contributed by atoms with E-state index in [0.717, 1.165) is 38.1 Å². The molecule has 0 radical (unpaired) electrons. The molecule has 104 valence electrons. The molecule has 3 nitrogen and oxygen atoms in total. The van der Waals surface area contributed by atoms with E-state index in [9.17, 15) is 4.79 Å². The van der Waals surface area contributed by atoms with Crippen LogP contribution in [0.2, 0.25) is 0 Å². The average molecular weight is 261 g/mol. The summed E-state index contributed by atoms with van der Waals surface area (Å²) in [5.74, 6) is 2.44. The van der Waals surface area contributed by atoms with Crippen LogP contribution in [0.1, 0.15) is 44.8 Å². The van der Waals surface area contributed by atoms with Crippen molar-refractivity contribution in [3.05, 3.63) is 24.2 Å². The zero-order valence-corrected chi connectivity index (χ0v) is 11.7. The Labute approximate surface area is 115 Å².